The van der Waals surface area contributed by atoms with Crippen molar-refractivity contribution < 1.29 is 4.79 Å². The molecule has 1 aromatic rings. The first kappa shape index (κ1) is 13.3. The Bertz CT molecular complexity index is 387. The molecule has 0 aliphatic carbocycles. The summed E-state index contributed by atoms with van der Waals surface area (Å²) in [5.41, 5.74) is 1.06. The van der Waals surface area contributed by atoms with E-state index in [9.17, 15) is 4.79 Å². The molecule has 1 N–H and O–H groups in total. The smallest absolute Gasteiger partial charge is 0.317 e. The Kier molecular flexibility index (Phi) is 4.92. The van der Waals surface area contributed by atoms with Gasteiger partial charge in [-0.1, -0.05) is 6.92 Å². The molecule has 0 aromatic carbocycles. The van der Waals surface area contributed by atoms with E-state index in [1.165, 1.54) is 0 Å². The van der Waals surface area contributed by atoms with Gasteiger partial charge in [-0.3, -0.25) is 4.68 Å². The van der Waals surface area contributed by atoms with E-state index in [0.29, 0.717) is 6.54 Å². The van der Waals surface area contributed by atoms with Gasteiger partial charge >= 0.3 is 6.03 Å². The van der Waals surface area contributed by atoms with Crippen LogP contribution in [0.1, 0.15) is 18.9 Å². The summed E-state index contributed by atoms with van der Waals surface area (Å²) in [6.07, 6.45) is 4.89. The molecule has 2 heterocycles. The van der Waals surface area contributed by atoms with Crippen molar-refractivity contribution in [3.8, 4) is 0 Å². The van der Waals surface area contributed by atoms with Crippen LogP contribution in [0, 0.1) is 0 Å². The number of rotatable bonds is 4. The zero-order valence-electron chi connectivity index (χ0n) is 10.8. The highest BCUT2D eigenvalue weighted by molar-refractivity contribution is 7.99. The molecular weight excluding hydrogens is 248 g/mol. The van der Waals surface area contributed by atoms with Crippen LogP contribution in [0.2, 0.25) is 0 Å². The van der Waals surface area contributed by atoms with Crippen LogP contribution in [0.15, 0.2) is 12.4 Å². The van der Waals surface area contributed by atoms with Crippen molar-refractivity contribution in [1.29, 1.82) is 0 Å². The lowest BCUT2D eigenvalue weighted by Gasteiger charge is -2.26. The van der Waals surface area contributed by atoms with Gasteiger partial charge in [-0.2, -0.15) is 16.9 Å². The number of carbonyl (C=O) groups excluding carboxylic acids is 1. The third-order valence-electron chi connectivity index (χ3n) is 2.88. The molecule has 0 atom stereocenters. The van der Waals surface area contributed by atoms with Crippen molar-refractivity contribution in [2.24, 2.45) is 0 Å². The van der Waals surface area contributed by atoms with E-state index in [4.69, 9.17) is 0 Å². The lowest BCUT2D eigenvalue weighted by atomic mass is 10.3. The molecule has 6 heteroatoms. The van der Waals surface area contributed by atoms with Gasteiger partial charge in [0.1, 0.15) is 0 Å². The average molecular weight is 268 g/mol. The number of nitrogens with zero attached hydrogens (tertiary/aromatic N) is 3. The number of aryl methyl sites for hydroxylation is 1. The number of thioether (sulfide) groups is 1. The molecule has 1 aliphatic heterocycles. The molecule has 1 aliphatic rings. The molecule has 100 valence electrons. The van der Waals surface area contributed by atoms with Crippen LogP contribution in [0.5, 0.6) is 0 Å². The van der Waals surface area contributed by atoms with Crippen LogP contribution in [0.4, 0.5) is 4.79 Å². The predicted octanol–water partition coefficient (Wildman–Crippen LogP) is 1.55. The molecular formula is C12H20N4OS. The maximum Gasteiger partial charge on any atom is 0.317 e. The van der Waals surface area contributed by atoms with Crippen LogP contribution in [0.25, 0.3) is 0 Å². The molecule has 5 nitrogen and oxygen atoms in total. The van der Waals surface area contributed by atoms with Crippen molar-refractivity contribution in [1.82, 2.24) is 20.0 Å². The number of urea groups is 1. The molecule has 0 unspecified atom stereocenters. The molecule has 1 saturated heterocycles. The summed E-state index contributed by atoms with van der Waals surface area (Å²) in [5.74, 6) is 2.09. The van der Waals surface area contributed by atoms with Crippen LogP contribution >= 0.6 is 11.8 Å². The van der Waals surface area contributed by atoms with E-state index in [2.05, 4.69) is 17.3 Å². The van der Waals surface area contributed by atoms with Crippen LogP contribution in [-0.4, -0.2) is 45.3 Å². The largest absolute Gasteiger partial charge is 0.334 e. The summed E-state index contributed by atoms with van der Waals surface area (Å²) < 4.78 is 1.92. The monoisotopic (exact) mass is 268 g/mol. The van der Waals surface area contributed by atoms with Gasteiger partial charge in [0.2, 0.25) is 0 Å². The van der Waals surface area contributed by atoms with Gasteiger partial charge < -0.3 is 10.2 Å². The van der Waals surface area contributed by atoms with E-state index in [0.717, 1.165) is 43.1 Å². The third-order valence-corrected chi connectivity index (χ3v) is 3.82. The molecule has 1 aromatic heterocycles. The fourth-order valence-electron chi connectivity index (χ4n) is 1.90. The highest BCUT2D eigenvalue weighted by Gasteiger charge is 2.16. The number of amides is 2. The summed E-state index contributed by atoms with van der Waals surface area (Å²) in [7, 11) is 0. The Labute approximate surface area is 112 Å². The first-order valence-electron chi connectivity index (χ1n) is 6.41. The van der Waals surface area contributed by atoms with Gasteiger partial charge in [0.05, 0.1) is 6.20 Å². The van der Waals surface area contributed by atoms with Crippen LogP contribution in [-0.2, 0) is 13.1 Å². The summed E-state index contributed by atoms with van der Waals surface area (Å²) in [6.45, 7) is 5.32. The number of nitrogens with one attached hydrogen (secondary N) is 1. The maximum atomic E-state index is 11.9. The minimum absolute atomic E-state index is 0.0403. The van der Waals surface area contributed by atoms with Crippen molar-refractivity contribution in [2.75, 3.05) is 24.6 Å². The van der Waals surface area contributed by atoms with Crippen LogP contribution < -0.4 is 5.32 Å². The SMILES string of the molecule is CCCn1cc(CNC(=O)N2CCSCC2)cn1. The van der Waals surface area contributed by atoms with Gasteiger partial charge in [0.25, 0.3) is 0 Å². The standard InChI is InChI=1S/C12H20N4OS/c1-2-3-16-10-11(9-14-16)8-13-12(17)15-4-6-18-7-5-15/h9-10H,2-8H2,1H3,(H,13,17). The summed E-state index contributed by atoms with van der Waals surface area (Å²) >= 11 is 1.90. The molecule has 1 fully saturated rings. The average Bonchev–Trinajstić information content (AvgIpc) is 2.85. The van der Waals surface area contributed by atoms with E-state index >= 15 is 0 Å². The van der Waals surface area contributed by atoms with Crippen LogP contribution in [0.3, 0.4) is 0 Å². The molecule has 0 bridgehead atoms. The number of aromatic nitrogens is 2. The molecule has 18 heavy (non-hydrogen) atoms. The van der Waals surface area contributed by atoms with Crippen molar-refractivity contribution in [3.63, 3.8) is 0 Å². The fourth-order valence-corrected chi connectivity index (χ4v) is 2.81. The predicted molar refractivity (Wildman–Crippen MR) is 73.7 cm³/mol. The maximum absolute atomic E-state index is 11.9. The first-order valence-corrected chi connectivity index (χ1v) is 7.57. The number of hydrogen-bond acceptors (Lipinski definition) is 3. The zero-order chi connectivity index (χ0) is 12.8. The Morgan fingerprint density at radius 1 is 1.50 bits per heavy atom. The van der Waals surface area contributed by atoms with Gasteiger partial charge in [-0.05, 0) is 6.42 Å². The van der Waals surface area contributed by atoms with E-state index in [1.807, 2.05) is 33.7 Å². The van der Waals surface area contributed by atoms with Crippen molar-refractivity contribution in [3.05, 3.63) is 18.0 Å². The third kappa shape index (κ3) is 3.66. The number of hydrogen-bond donors (Lipinski definition) is 1. The zero-order valence-corrected chi connectivity index (χ0v) is 11.6. The first-order chi connectivity index (χ1) is 8.79. The second-order valence-electron chi connectivity index (χ2n) is 4.37. The topological polar surface area (TPSA) is 50.2 Å². The van der Waals surface area contributed by atoms with Gasteiger partial charge in [-0.15, -0.1) is 0 Å². The number of carbonyl (C=O) groups is 1. The quantitative estimate of drug-likeness (QED) is 0.901. The Morgan fingerprint density at radius 3 is 3.00 bits per heavy atom. The Balaban J connectivity index is 1.77. The van der Waals surface area contributed by atoms with Crippen molar-refractivity contribution in [2.45, 2.75) is 26.4 Å². The molecule has 2 amide bonds. The highest BCUT2D eigenvalue weighted by atomic mass is 32.2. The van der Waals surface area contributed by atoms with Gasteiger partial charge in [-0.25, -0.2) is 4.79 Å². The highest BCUT2D eigenvalue weighted by Crippen LogP contribution is 2.09. The minimum Gasteiger partial charge on any atom is -0.334 e. The fraction of sp³-hybridized carbons (Fsp3) is 0.667. The second-order valence-corrected chi connectivity index (χ2v) is 5.59. The van der Waals surface area contributed by atoms with E-state index in [1.54, 1.807) is 0 Å². The molecule has 2 rings (SSSR count). The summed E-state index contributed by atoms with van der Waals surface area (Å²) in [6, 6.07) is 0.0403. The normalized spacial score (nSPS) is 15.7. The van der Waals surface area contributed by atoms with Gasteiger partial charge in [0.15, 0.2) is 0 Å². The molecule has 0 spiro atoms. The second kappa shape index (κ2) is 6.68. The molecule has 0 radical (unpaired) electrons. The van der Waals surface area contributed by atoms with E-state index < -0.39 is 0 Å². The Morgan fingerprint density at radius 2 is 2.28 bits per heavy atom. The lowest BCUT2D eigenvalue weighted by Crippen LogP contribution is -2.44. The lowest BCUT2D eigenvalue weighted by molar-refractivity contribution is 0.202. The van der Waals surface area contributed by atoms with Gasteiger partial charge in [0, 0.05) is 49.4 Å². The summed E-state index contributed by atoms with van der Waals surface area (Å²) in [4.78, 5) is 13.8. The van der Waals surface area contributed by atoms with Crippen molar-refractivity contribution >= 4 is 17.8 Å². The Hall–Kier alpha value is -1.17. The van der Waals surface area contributed by atoms with E-state index in [-0.39, 0.29) is 6.03 Å². The summed E-state index contributed by atoms with van der Waals surface area (Å²) in [5, 5.41) is 7.19. The molecule has 0 saturated carbocycles. The minimum atomic E-state index is 0.0403.